The molecule has 2 N–H and O–H groups in total. The number of morpholine rings is 1. The summed E-state index contributed by atoms with van der Waals surface area (Å²) in [4.78, 5) is 26.5. The normalized spacial score (nSPS) is 14.8. The van der Waals surface area contributed by atoms with Crippen molar-refractivity contribution in [1.82, 2.24) is 14.9 Å². The van der Waals surface area contributed by atoms with E-state index in [2.05, 4.69) is 15.8 Å². The van der Waals surface area contributed by atoms with Gasteiger partial charge in [0, 0.05) is 38.4 Å². The molecule has 3 rings (SSSR count). The molecule has 0 saturated carbocycles. The first-order chi connectivity index (χ1) is 12.6. The monoisotopic (exact) mass is 360 g/mol. The number of halogens is 1. The smallest absolute Gasteiger partial charge is 0.271 e. The van der Waals surface area contributed by atoms with Crippen LogP contribution in [0.15, 0.2) is 47.4 Å². The standard InChI is InChI=1S/C18H21FN4O3/c19-15-2-1-3-16(12-15)20-21-18(25)14-4-5-17(24)23(13-14)7-6-22-8-10-26-11-9-22/h1-5,12-13,20H,6-11H2,(H,21,25). The number of pyridine rings is 1. The summed E-state index contributed by atoms with van der Waals surface area (Å²) >= 11 is 0. The van der Waals surface area contributed by atoms with Crippen molar-refractivity contribution >= 4 is 11.6 Å². The Morgan fingerprint density at radius 2 is 1.96 bits per heavy atom. The van der Waals surface area contributed by atoms with Crippen LogP contribution in [-0.2, 0) is 11.3 Å². The maximum atomic E-state index is 13.1. The Labute approximate surface area is 150 Å². The van der Waals surface area contributed by atoms with E-state index in [1.165, 1.54) is 41.1 Å². The molecule has 7 nitrogen and oxygen atoms in total. The van der Waals surface area contributed by atoms with Crippen molar-refractivity contribution in [3.63, 3.8) is 0 Å². The maximum absolute atomic E-state index is 13.1. The van der Waals surface area contributed by atoms with Crippen molar-refractivity contribution in [3.05, 3.63) is 64.3 Å². The summed E-state index contributed by atoms with van der Waals surface area (Å²) in [5.41, 5.74) is 5.76. The van der Waals surface area contributed by atoms with Gasteiger partial charge in [0.2, 0.25) is 0 Å². The number of benzene rings is 1. The number of carbonyl (C=O) groups excluding carboxylic acids is 1. The van der Waals surface area contributed by atoms with Crippen LogP contribution in [0.4, 0.5) is 10.1 Å². The van der Waals surface area contributed by atoms with Crippen LogP contribution in [0.1, 0.15) is 10.4 Å². The summed E-state index contributed by atoms with van der Waals surface area (Å²) in [6.07, 6.45) is 1.53. The molecule has 1 amide bonds. The molecule has 2 heterocycles. The van der Waals surface area contributed by atoms with Gasteiger partial charge in [-0.15, -0.1) is 0 Å². The number of hydrazine groups is 1. The van der Waals surface area contributed by atoms with Crippen LogP contribution in [0.3, 0.4) is 0 Å². The lowest BCUT2D eigenvalue weighted by molar-refractivity contribution is 0.0363. The van der Waals surface area contributed by atoms with Crippen LogP contribution in [-0.4, -0.2) is 48.2 Å². The SMILES string of the molecule is O=C(NNc1cccc(F)c1)c1ccc(=O)n(CCN2CCOCC2)c1. The summed E-state index contributed by atoms with van der Waals surface area (Å²) in [5.74, 6) is -0.810. The molecule has 138 valence electrons. The molecule has 1 aromatic carbocycles. The van der Waals surface area contributed by atoms with Crippen molar-refractivity contribution < 1.29 is 13.9 Å². The molecule has 0 atom stereocenters. The van der Waals surface area contributed by atoms with E-state index < -0.39 is 11.7 Å². The highest BCUT2D eigenvalue weighted by atomic mass is 19.1. The van der Waals surface area contributed by atoms with E-state index in [9.17, 15) is 14.0 Å². The average Bonchev–Trinajstić information content (AvgIpc) is 2.66. The minimum atomic E-state index is -0.408. The molecule has 2 aromatic rings. The quantitative estimate of drug-likeness (QED) is 0.754. The highest BCUT2D eigenvalue weighted by Gasteiger charge is 2.12. The number of aromatic nitrogens is 1. The second-order valence-electron chi connectivity index (χ2n) is 5.99. The summed E-state index contributed by atoms with van der Waals surface area (Å²) in [7, 11) is 0. The summed E-state index contributed by atoms with van der Waals surface area (Å²) < 4.78 is 20.0. The molecule has 8 heteroatoms. The van der Waals surface area contributed by atoms with Gasteiger partial charge in [-0.1, -0.05) is 6.07 Å². The maximum Gasteiger partial charge on any atom is 0.271 e. The number of nitrogens with zero attached hydrogens (tertiary/aromatic N) is 2. The molecule has 1 saturated heterocycles. The molecule has 1 aliphatic rings. The lowest BCUT2D eigenvalue weighted by Crippen LogP contribution is -2.39. The van der Waals surface area contributed by atoms with E-state index in [-0.39, 0.29) is 5.56 Å². The summed E-state index contributed by atoms with van der Waals surface area (Å²) in [6.45, 7) is 4.29. The zero-order valence-electron chi connectivity index (χ0n) is 14.3. The van der Waals surface area contributed by atoms with Crippen molar-refractivity contribution in [2.24, 2.45) is 0 Å². The Bertz CT molecular complexity index is 818. The third kappa shape index (κ3) is 4.90. The first kappa shape index (κ1) is 18.1. The molecule has 26 heavy (non-hydrogen) atoms. The molecular formula is C18H21FN4O3. The fraction of sp³-hybridized carbons (Fsp3) is 0.333. The topological polar surface area (TPSA) is 75.6 Å². The Morgan fingerprint density at radius 3 is 2.73 bits per heavy atom. The molecule has 1 fully saturated rings. The van der Waals surface area contributed by atoms with Crippen LogP contribution in [0.5, 0.6) is 0 Å². The van der Waals surface area contributed by atoms with Gasteiger partial charge in [-0.05, 0) is 24.3 Å². The predicted molar refractivity (Wildman–Crippen MR) is 95.4 cm³/mol. The number of amides is 1. The number of carbonyl (C=O) groups is 1. The third-order valence-electron chi connectivity index (χ3n) is 4.15. The van der Waals surface area contributed by atoms with Gasteiger partial charge in [0.25, 0.3) is 11.5 Å². The molecule has 0 unspecified atom stereocenters. The Balaban J connectivity index is 1.60. The van der Waals surface area contributed by atoms with Gasteiger partial charge in [-0.3, -0.25) is 25.3 Å². The lowest BCUT2D eigenvalue weighted by Gasteiger charge is -2.26. The van der Waals surface area contributed by atoms with Crippen LogP contribution < -0.4 is 16.4 Å². The number of nitrogens with one attached hydrogen (secondary N) is 2. The molecule has 1 aliphatic heterocycles. The lowest BCUT2D eigenvalue weighted by atomic mass is 10.2. The average molecular weight is 360 g/mol. The van der Waals surface area contributed by atoms with Gasteiger partial charge in [0.1, 0.15) is 5.82 Å². The fourth-order valence-electron chi connectivity index (χ4n) is 2.68. The summed E-state index contributed by atoms with van der Waals surface area (Å²) in [5, 5.41) is 0. The molecule has 0 spiro atoms. The van der Waals surface area contributed by atoms with Crippen LogP contribution in [0.2, 0.25) is 0 Å². The Kier molecular flexibility index (Phi) is 5.98. The van der Waals surface area contributed by atoms with Gasteiger partial charge in [0.05, 0.1) is 24.5 Å². The van der Waals surface area contributed by atoms with E-state index in [0.717, 1.165) is 19.6 Å². The second-order valence-corrected chi connectivity index (χ2v) is 5.99. The van der Waals surface area contributed by atoms with Crippen molar-refractivity contribution in [3.8, 4) is 0 Å². The number of rotatable bonds is 6. The van der Waals surface area contributed by atoms with E-state index in [1.54, 1.807) is 6.07 Å². The molecule has 1 aromatic heterocycles. The summed E-state index contributed by atoms with van der Waals surface area (Å²) in [6, 6.07) is 8.59. The predicted octanol–water partition coefficient (Wildman–Crippen LogP) is 1.08. The van der Waals surface area contributed by atoms with Gasteiger partial charge >= 0.3 is 0 Å². The number of hydrogen-bond donors (Lipinski definition) is 2. The minimum absolute atomic E-state index is 0.159. The van der Waals surface area contributed by atoms with E-state index >= 15 is 0 Å². The van der Waals surface area contributed by atoms with Gasteiger partial charge in [-0.25, -0.2) is 4.39 Å². The zero-order chi connectivity index (χ0) is 18.4. The third-order valence-corrected chi connectivity index (χ3v) is 4.15. The van der Waals surface area contributed by atoms with Gasteiger partial charge < -0.3 is 9.30 Å². The molecule has 0 aliphatic carbocycles. The largest absolute Gasteiger partial charge is 0.379 e. The highest BCUT2D eigenvalue weighted by molar-refractivity contribution is 5.94. The molecular weight excluding hydrogens is 339 g/mol. The molecule has 0 radical (unpaired) electrons. The number of ether oxygens (including phenoxy) is 1. The van der Waals surface area contributed by atoms with E-state index in [1.807, 2.05) is 0 Å². The van der Waals surface area contributed by atoms with Crippen LogP contribution in [0.25, 0.3) is 0 Å². The van der Waals surface area contributed by atoms with Crippen LogP contribution >= 0.6 is 0 Å². The van der Waals surface area contributed by atoms with Crippen LogP contribution in [0, 0.1) is 5.82 Å². The molecule has 0 bridgehead atoms. The number of hydrogen-bond acceptors (Lipinski definition) is 5. The first-order valence-electron chi connectivity index (χ1n) is 8.44. The zero-order valence-corrected chi connectivity index (χ0v) is 14.3. The Hall–Kier alpha value is -2.71. The minimum Gasteiger partial charge on any atom is -0.379 e. The van der Waals surface area contributed by atoms with Gasteiger partial charge in [-0.2, -0.15) is 0 Å². The van der Waals surface area contributed by atoms with Gasteiger partial charge in [0.15, 0.2) is 0 Å². The van der Waals surface area contributed by atoms with E-state index in [0.29, 0.717) is 31.0 Å². The first-order valence-corrected chi connectivity index (χ1v) is 8.44. The highest BCUT2D eigenvalue weighted by Crippen LogP contribution is 2.08. The fourth-order valence-corrected chi connectivity index (χ4v) is 2.68. The second kappa shape index (κ2) is 8.59. The Morgan fingerprint density at radius 1 is 1.15 bits per heavy atom. The van der Waals surface area contributed by atoms with Crippen molar-refractivity contribution in [1.29, 1.82) is 0 Å². The number of anilines is 1. The van der Waals surface area contributed by atoms with Crippen molar-refractivity contribution in [2.75, 3.05) is 38.3 Å². The van der Waals surface area contributed by atoms with Crippen molar-refractivity contribution in [2.45, 2.75) is 6.54 Å². The van der Waals surface area contributed by atoms with E-state index in [4.69, 9.17) is 4.74 Å².